The summed E-state index contributed by atoms with van der Waals surface area (Å²) in [6.07, 6.45) is 5.92. The van der Waals surface area contributed by atoms with Crippen LogP contribution >= 0.6 is 0 Å². The Morgan fingerprint density at radius 1 is 1.12 bits per heavy atom. The fourth-order valence-electron chi connectivity index (χ4n) is 3.77. The van der Waals surface area contributed by atoms with Crippen molar-refractivity contribution in [3.05, 3.63) is 66.0 Å². The summed E-state index contributed by atoms with van der Waals surface area (Å²) in [5, 5.41) is 4.52. The number of aryl methyl sites for hydroxylation is 2. The number of nitrogens with zero attached hydrogens (tertiary/aromatic N) is 5. The molecule has 1 saturated heterocycles. The number of piperidine rings is 1. The summed E-state index contributed by atoms with van der Waals surface area (Å²) < 4.78 is 3.96. The van der Waals surface area contributed by atoms with Gasteiger partial charge in [-0.2, -0.15) is 5.10 Å². The van der Waals surface area contributed by atoms with E-state index in [9.17, 15) is 4.79 Å². The molecule has 2 aromatic heterocycles. The minimum atomic E-state index is 0.0773. The molecule has 1 aliphatic rings. The predicted molar refractivity (Wildman–Crippen MR) is 99.4 cm³/mol. The summed E-state index contributed by atoms with van der Waals surface area (Å²) >= 11 is 0. The molecule has 4 rings (SSSR count). The van der Waals surface area contributed by atoms with Gasteiger partial charge in [0.25, 0.3) is 5.91 Å². The lowest BCUT2D eigenvalue weighted by molar-refractivity contribution is 0.0671. The van der Waals surface area contributed by atoms with Gasteiger partial charge < -0.3 is 9.47 Å². The summed E-state index contributed by atoms with van der Waals surface area (Å²) in [6, 6.07) is 11.9. The second-order valence-corrected chi connectivity index (χ2v) is 6.81. The van der Waals surface area contributed by atoms with E-state index in [-0.39, 0.29) is 11.9 Å². The van der Waals surface area contributed by atoms with Gasteiger partial charge in [0.05, 0.1) is 17.3 Å². The number of likely N-dealkylation sites (tertiary alicyclic amines) is 1. The minimum Gasteiger partial charge on any atom is -0.336 e. The van der Waals surface area contributed by atoms with Crippen LogP contribution in [0.4, 0.5) is 0 Å². The van der Waals surface area contributed by atoms with Gasteiger partial charge >= 0.3 is 0 Å². The van der Waals surface area contributed by atoms with Crippen LogP contribution in [0.2, 0.25) is 0 Å². The maximum absolute atomic E-state index is 13.3. The molecule has 134 valence electrons. The molecule has 1 aliphatic heterocycles. The van der Waals surface area contributed by atoms with Crippen LogP contribution < -0.4 is 0 Å². The molecule has 1 amide bonds. The third-order valence-electron chi connectivity index (χ3n) is 4.95. The number of amides is 1. The quantitative estimate of drug-likeness (QED) is 0.730. The maximum Gasteiger partial charge on any atom is 0.256 e. The molecule has 1 atom stereocenters. The van der Waals surface area contributed by atoms with Crippen molar-refractivity contribution in [2.24, 2.45) is 0 Å². The molecular weight excluding hydrogens is 326 g/mol. The normalized spacial score (nSPS) is 17.5. The van der Waals surface area contributed by atoms with Crippen molar-refractivity contribution in [3.8, 4) is 5.69 Å². The Labute approximate surface area is 153 Å². The monoisotopic (exact) mass is 349 g/mol. The van der Waals surface area contributed by atoms with Crippen LogP contribution in [0.3, 0.4) is 0 Å². The Kier molecular flexibility index (Phi) is 4.32. The van der Waals surface area contributed by atoms with E-state index in [2.05, 4.69) is 10.1 Å². The molecule has 0 radical (unpaired) electrons. The molecule has 0 aliphatic carbocycles. The molecular formula is C20H23N5O. The van der Waals surface area contributed by atoms with Crippen LogP contribution in [-0.4, -0.2) is 43.2 Å². The smallest absolute Gasteiger partial charge is 0.256 e. The first-order valence-electron chi connectivity index (χ1n) is 9.05. The van der Waals surface area contributed by atoms with Crippen LogP contribution in [0, 0.1) is 13.8 Å². The van der Waals surface area contributed by atoms with E-state index >= 15 is 0 Å². The van der Waals surface area contributed by atoms with E-state index in [1.807, 2.05) is 76.8 Å². The molecule has 26 heavy (non-hydrogen) atoms. The van der Waals surface area contributed by atoms with E-state index in [1.54, 1.807) is 0 Å². The molecule has 6 nitrogen and oxygen atoms in total. The number of benzene rings is 1. The molecule has 0 bridgehead atoms. The molecule has 0 N–H and O–H groups in total. The third kappa shape index (κ3) is 3.03. The molecule has 3 aromatic rings. The van der Waals surface area contributed by atoms with E-state index < -0.39 is 0 Å². The van der Waals surface area contributed by atoms with Crippen molar-refractivity contribution in [1.29, 1.82) is 0 Å². The second kappa shape index (κ2) is 6.78. The van der Waals surface area contributed by atoms with Gasteiger partial charge in [-0.25, -0.2) is 9.67 Å². The average molecular weight is 349 g/mol. The van der Waals surface area contributed by atoms with Crippen LogP contribution in [0.1, 0.15) is 40.9 Å². The van der Waals surface area contributed by atoms with E-state index in [0.29, 0.717) is 6.54 Å². The number of rotatable bonds is 3. The van der Waals surface area contributed by atoms with Gasteiger partial charge in [-0.1, -0.05) is 12.1 Å². The first-order valence-corrected chi connectivity index (χ1v) is 9.05. The number of aromatic nitrogens is 4. The Morgan fingerprint density at radius 2 is 1.88 bits per heavy atom. The van der Waals surface area contributed by atoms with Gasteiger partial charge in [0.2, 0.25) is 0 Å². The molecule has 0 spiro atoms. The van der Waals surface area contributed by atoms with Gasteiger partial charge in [-0.05, 0) is 51.0 Å². The Bertz CT molecular complexity index is 912. The number of carbonyl (C=O) groups is 1. The van der Waals surface area contributed by atoms with Crippen LogP contribution in [0.5, 0.6) is 0 Å². The van der Waals surface area contributed by atoms with Crippen molar-refractivity contribution < 1.29 is 4.79 Å². The SMILES string of the molecule is Cc1nc(C)n(C2CCCN(C(=O)c3ccccc3-n3cccc3)C2)n1. The first-order chi connectivity index (χ1) is 12.6. The van der Waals surface area contributed by atoms with Gasteiger partial charge in [0, 0.05) is 25.5 Å². The van der Waals surface area contributed by atoms with Crippen molar-refractivity contribution >= 4 is 5.91 Å². The maximum atomic E-state index is 13.3. The number of para-hydroxylation sites is 1. The van der Waals surface area contributed by atoms with Crippen molar-refractivity contribution in [3.63, 3.8) is 0 Å². The standard InChI is InChI=1S/C20H23N5O/c1-15-21-16(2)25(22-15)17-8-7-13-24(14-17)20(26)18-9-3-4-10-19(18)23-11-5-6-12-23/h3-6,9-12,17H,7-8,13-14H2,1-2H3. The first kappa shape index (κ1) is 16.6. The predicted octanol–water partition coefficient (Wildman–Crippen LogP) is 3.16. The van der Waals surface area contributed by atoms with E-state index in [1.165, 1.54) is 0 Å². The minimum absolute atomic E-state index is 0.0773. The summed E-state index contributed by atoms with van der Waals surface area (Å²) in [5.41, 5.74) is 1.65. The highest BCUT2D eigenvalue weighted by molar-refractivity contribution is 5.97. The highest BCUT2D eigenvalue weighted by Gasteiger charge is 2.28. The second-order valence-electron chi connectivity index (χ2n) is 6.81. The van der Waals surface area contributed by atoms with E-state index in [0.717, 1.165) is 42.3 Å². The van der Waals surface area contributed by atoms with Gasteiger partial charge in [-0.15, -0.1) is 0 Å². The molecule has 3 heterocycles. The molecule has 1 fully saturated rings. The van der Waals surface area contributed by atoms with Crippen molar-refractivity contribution in [1.82, 2.24) is 24.2 Å². The van der Waals surface area contributed by atoms with Crippen LogP contribution in [-0.2, 0) is 0 Å². The molecule has 1 aromatic carbocycles. The highest BCUT2D eigenvalue weighted by Crippen LogP contribution is 2.25. The van der Waals surface area contributed by atoms with Gasteiger partial charge in [0.1, 0.15) is 11.6 Å². The number of carbonyl (C=O) groups excluding carboxylic acids is 1. The lowest BCUT2D eigenvalue weighted by Gasteiger charge is -2.33. The zero-order valence-electron chi connectivity index (χ0n) is 15.2. The number of hydrogen-bond acceptors (Lipinski definition) is 3. The van der Waals surface area contributed by atoms with Crippen molar-refractivity contribution in [2.75, 3.05) is 13.1 Å². The molecule has 0 saturated carbocycles. The van der Waals surface area contributed by atoms with Gasteiger partial charge in [0.15, 0.2) is 0 Å². The van der Waals surface area contributed by atoms with Crippen LogP contribution in [0.15, 0.2) is 48.8 Å². The summed E-state index contributed by atoms with van der Waals surface area (Å²) in [4.78, 5) is 19.6. The fourth-order valence-corrected chi connectivity index (χ4v) is 3.77. The molecule has 6 heteroatoms. The zero-order valence-corrected chi connectivity index (χ0v) is 15.2. The zero-order chi connectivity index (χ0) is 18.1. The third-order valence-corrected chi connectivity index (χ3v) is 4.95. The average Bonchev–Trinajstić information content (AvgIpc) is 3.31. The highest BCUT2D eigenvalue weighted by atomic mass is 16.2. The van der Waals surface area contributed by atoms with Crippen LogP contribution in [0.25, 0.3) is 5.69 Å². The summed E-state index contributed by atoms with van der Waals surface area (Å²) in [7, 11) is 0. The topological polar surface area (TPSA) is 56.0 Å². The fraction of sp³-hybridized carbons (Fsp3) is 0.350. The Balaban J connectivity index is 1.60. The van der Waals surface area contributed by atoms with Gasteiger partial charge in [-0.3, -0.25) is 4.79 Å². The lowest BCUT2D eigenvalue weighted by Crippen LogP contribution is -2.41. The number of hydrogen-bond donors (Lipinski definition) is 0. The Hall–Kier alpha value is -2.89. The van der Waals surface area contributed by atoms with E-state index in [4.69, 9.17) is 0 Å². The van der Waals surface area contributed by atoms with Crippen molar-refractivity contribution in [2.45, 2.75) is 32.7 Å². The summed E-state index contributed by atoms with van der Waals surface area (Å²) in [5.74, 6) is 1.77. The largest absolute Gasteiger partial charge is 0.336 e. The Morgan fingerprint density at radius 3 is 2.62 bits per heavy atom. The lowest BCUT2D eigenvalue weighted by atomic mass is 10.0. The molecule has 1 unspecified atom stereocenters. The summed E-state index contributed by atoms with van der Waals surface area (Å²) in [6.45, 7) is 5.33.